The molecular formula is C27H26N6O4. The van der Waals surface area contributed by atoms with Gasteiger partial charge in [-0.25, -0.2) is 0 Å². The molecule has 5 rings (SSSR count). The molecule has 188 valence electrons. The topological polar surface area (TPSA) is 145 Å². The quantitative estimate of drug-likeness (QED) is 0.202. The molecule has 3 heterocycles. The molecule has 10 nitrogen and oxygen atoms in total. The first-order valence-corrected chi connectivity index (χ1v) is 11.8. The van der Waals surface area contributed by atoms with E-state index in [2.05, 4.69) is 25.0 Å². The van der Waals surface area contributed by atoms with E-state index in [0.29, 0.717) is 22.5 Å². The highest BCUT2D eigenvalue weighted by Crippen LogP contribution is 2.36. The van der Waals surface area contributed by atoms with Gasteiger partial charge in [0.15, 0.2) is 0 Å². The predicted molar refractivity (Wildman–Crippen MR) is 141 cm³/mol. The number of aromatic amines is 4. The molecule has 0 unspecified atom stereocenters. The van der Waals surface area contributed by atoms with Crippen molar-refractivity contribution in [3.63, 3.8) is 0 Å². The van der Waals surface area contributed by atoms with Gasteiger partial charge in [0, 0.05) is 40.6 Å². The molecule has 0 fully saturated rings. The van der Waals surface area contributed by atoms with E-state index in [-0.39, 0.29) is 16.8 Å². The lowest BCUT2D eigenvalue weighted by Gasteiger charge is -2.17. The molecule has 0 saturated heterocycles. The van der Waals surface area contributed by atoms with Crippen molar-refractivity contribution in [2.24, 2.45) is 0 Å². The Morgan fingerprint density at radius 3 is 1.68 bits per heavy atom. The smallest absolute Gasteiger partial charge is 0.269 e. The third-order valence-corrected chi connectivity index (χ3v) is 6.92. The molecule has 0 aliphatic heterocycles. The Bertz CT molecular complexity index is 1670. The molecule has 0 aliphatic rings. The lowest BCUT2D eigenvalue weighted by atomic mass is 9.85. The van der Waals surface area contributed by atoms with Crippen LogP contribution in [0.4, 0.5) is 5.69 Å². The highest BCUT2D eigenvalue weighted by Gasteiger charge is 2.31. The Labute approximate surface area is 211 Å². The van der Waals surface area contributed by atoms with Gasteiger partial charge in [-0.2, -0.15) is 0 Å². The number of nitro benzene ring substituents is 1. The zero-order valence-corrected chi connectivity index (χ0v) is 20.8. The third-order valence-electron chi connectivity index (χ3n) is 6.92. The van der Waals surface area contributed by atoms with Gasteiger partial charge >= 0.3 is 0 Å². The summed E-state index contributed by atoms with van der Waals surface area (Å²) < 4.78 is 2.09. The van der Waals surface area contributed by atoms with Crippen LogP contribution in [0.1, 0.15) is 45.4 Å². The fraction of sp³-hybridized carbons (Fsp3) is 0.185. The first kappa shape index (κ1) is 23.9. The first-order chi connectivity index (χ1) is 17.7. The van der Waals surface area contributed by atoms with Gasteiger partial charge in [-0.1, -0.05) is 12.1 Å². The van der Waals surface area contributed by atoms with Crippen molar-refractivity contribution in [3.05, 3.63) is 125 Å². The second-order valence-electron chi connectivity index (χ2n) is 9.18. The van der Waals surface area contributed by atoms with Gasteiger partial charge in [0.25, 0.3) is 16.8 Å². The number of aromatic nitrogens is 5. The number of nitrogens with zero attached hydrogens (tertiary/aromatic N) is 2. The maximum atomic E-state index is 12.8. The Kier molecular flexibility index (Phi) is 5.79. The van der Waals surface area contributed by atoms with Gasteiger partial charge in [-0.3, -0.25) is 29.9 Å². The summed E-state index contributed by atoms with van der Waals surface area (Å²) in [5.74, 6) is -0.565. The normalized spacial score (nSPS) is 11.4. The van der Waals surface area contributed by atoms with Crippen LogP contribution in [0.2, 0.25) is 0 Å². The van der Waals surface area contributed by atoms with Crippen LogP contribution in [-0.2, 0) is 0 Å². The molecule has 0 amide bonds. The molecule has 10 heteroatoms. The zero-order valence-electron chi connectivity index (χ0n) is 20.8. The lowest BCUT2D eigenvalue weighted by molar-refractivity contribution is -0.384. The van der Waals surface area contributed by atoms with E-state index >= 15 is 0 Å². The van der Waals surface area contributed by atoms with E-state index in [1.54, 1.807) is 12.1 Å². The first-order valence-electron chi connectivity index (χ1n) is 11.8. The summed E-state index contributed by atoms with van der Waals surface area (Å²) in [4.78, 5) is 36.2. The molecule has 0 atom stereocenters. The van der Waals surface area contributed by atoms with Crippen LogP contribution in [-0.4, -0.2) is 29.9 Å². The molecule has 4 N–H and O–H groups in total. The van der Waals surface area contributed by atoms with Crippen LogP contribution in [0.5, 0.6) is 0 Å². The van der Waals surface area contributed by atoms with E-state index in [4.69, 9.17) is 0 Å². The summed E-state index contributed by atoms with van der Waals surface area (Å²) in [5.41, 5.74) is 7.33. The predicted octanol–water partition coefficient (Wildman–Crippen LogP) is 4.50. The van der Waals surface area contributed by atoms with Crippen molar-refractivity contribution in [1.82, 2.24) is 25.0 Å². The Hall–Kier alpha value is -4.86. The molecule has 5 aromatic rings. The van der Waals surface area contributed by atoms with Crippen LogP contribution in [0.15, 0.2) is 64.2 Å². The van der Waals surface area contributed by atoms with Crippen LogP contribution >= 0.6 is 0 Å². The minimum absolute atomic E-state index is 0.0500. The maximum Gasteiger partial charge on any atom is 0.269 e. The average Bonchev–Trinajstić information content (AvgIpc) is 3.50. The monoisotopic (exact) mass is 498 g/mol. The van der Waals surface area contributed by atoms with Crippen molar-refractivity contribution >= 4 is 5.69 Å². The number of hydrogen-bond donors (Lipinski definition) is 4. The molecule has 37 heavy (non-hydrogen) atoms. The maximum absolute atomic E-state index is 12.8. The number of nitro groups is 1. The summed E-state index contributed by atoms with van der Waals surface area (Å²) >= 11 is 0. The van der Waals surface area contributed by atoms with Crippen LogP contribution in [0.25, 0.3) is 16.8 Å². The summed E-state index contributed by atoms with van der Waals surface area (Å²) in [6.07, 6.45) is 0. The second-order valence-corrected chi connectivity index (χ2v) is 9.18. The molecule has 0 bridgehead atoms. The van der Waals surface area contributed by atoms with Gasteiger partial charge in [0.05, 0.1) is 22.0 Å². The highest BCUT2D eigenvalue weighted by atomic mass is 16.6. The summed E-state index contributed by atoms with van der Waals surface area (Å²) in [6.45, 7) is 7.59. The second kappa shape index (κ2) is 8.98. The van der Waals surface area contributed by atoms with Gasteiger partial charge < -0.3 is 14.8 Å². The number of nitrogens with one attached hydrogen (secondary N) is 4. The largest absolute Gasteiger partial charge is 0.318 e. The molecule has 0 spiro atoms. The van der Waals surface area contributed by atoms with Crippen molar-refractivity contribution in [2.75, 3.05) is 0 Å². The van der Waals surface area contributed by atoms with Crippen molar-refractivity contribution in [3.8, 4) is 16.8 Å². The highest BCUT2D eigenvalue weighted by molar-refractivity contribution is 5.66. The van der Waals surface area contributed by atoms with Crippen molar-refractivity contribution in [2.45, 2.75) is 33.6 Å². The van der Waals surface area contributed by atoms with E-state index in [0.717, 1.165) is 33.8 Å². The SMILES string of the molecule is Cc1[nH][nH]c(=O)c1C(c1cc(C)n(-c2ccc(-c3ccc([N+](=O)[O-])cc3)cc2)c1C)c1c(C)[nH][nH]c1=O. The molecule has 3 aromatic heterocycles. The average molecular weight is 499 g/mol. The van der Waals surface area contributed by atoms with E-state index in [9.17, 15) is 19.7 Å². The van der Waals surface area contributed by atoms with E-state index in [1.165, 1.54) is 12.1 Å². The summed E-state index contributed by atoms with van der Waals surface area (Å²) in [7, 11) is 0. The third kappa shape index (κ3) is 4.02. The molecule has 0 saturated carbocycles. The molecule has 2 aromatic carbocycles. The lowest BCUT2D eigenvalue weighted by Crippen LogP contribution is -2.20. The number of aryl methyl sites for hydroxylation is 3. The van der Waals surface area contributed by atoms with E-state index in [1.807, 2.05) is 58.0 Å². The Morgan fingerprint density at radius 2 is 1.24 bits per heavy atom. The Morgan fingerprint density at radius 1 is 0.757 bits per heavy atom. The van der Waals surface area contributed by atoms with Crippen LogP contribution in [0.3, 0.4) is 0 Å². The van der Waals surface area contributed by atoms with Crippen molar-refractivity contribution < 1.29 is 4.92 Å². The Balaban J connectivity index is 1.60. The standard InChI is InChI=1S/C27H26N6O4/c1-14-13-22(25(23-15(2)28-30-26(23)34)24-16(3)29-31-27(24)35)17(4)32(14)20-9-5-18(6-10-20)19-7-11-21(12-8-19)33(36)37/h5-13,25H,1-4H3,(H2,28,30,34)(H2,29,31,35). The summed E-state index contributed by atoms with van der Waals surface area (Å²) in [6, 6.07) is 16.4. The van der Waals surface area contributed by atoms with Crippen molar-refractivity contribution in [1.29, 1.82) is 0 Å². The van der Waals surface area contributed by atoms with Crippen LogP contribution in [0, 0.1) is 37.8 Å². The van der Waals surface area contributed by atoms with Gasteiger partial charge in [-0.05, 0) is 74.7 Å². The minimum atomic E-state index is -0.565. The number of rotatable bonds is 6. The minimum Gasteiger partial charge on any atom is -0.318 e. The fourth-order valence-electron chi connectivity index (χ4n) is 5.12. The fourth-order valence-corrected chi connectivity index (χ4v) is 5.12. The van der Waals surface area contributed by atoms with Gasteiger partial charge in [0.1, 0.15) is 0 Å². The van der Waals surface area contributed by atoms with Crippen LogP contribution < -0.4 is 11.1 Å². The summed E-state index contributed by atoms with van der Waals surface area (Å²) in [5, 5.41) is 22.0. The number of benzene rings is 2. The number of non-ortho nitro benzene ring substituents is 1. The molecular weight excluding hydrogens is 472 g/mol. The van der Waals surface area contributed by atoms with Gasteiger partial charge in [0.2, 0.25) is 0 Å². The van der Waals surface area contributed by atoms with E-state index < -0.39 is 10.8 Å². The number of hydrogen-bond acceptors (Lipinski definition) is 4. The zero-order chi connectivity index (χ0) is 26.4. The molecule has 0 radical (unpaired) electrons. The van der Waals surface area contributed by atoms with Gasteiger partial charge in [-0.15, -0.1) is 0 Å². The molecule has 0 aliphatic carbocycles. The number of H-pyrrole nitrogens is 4.